The number of oxazole rings is 1. The second-order valence-electron chi connectivity index (χ2n) is 8.22. The smallest absolute Gasteiger partial charge is 0.443 e. The lowest BCUT2D eigenvalue weighted by Crippen LogP contribution is -2.38. The highest BCUT2D eigenvalue weighted by Crippen LogP contribution is 2.30. The molecule has 0 saturated carbocycles. The van der Waals surface area contributed by atoms with E-state index < -0.39 is 18.0 Å². The Morgan fingerprint density at radius 3 is 2.68 bits per heavy atom. The van der Waals surface area contributed by atoms with Gasteiger partial charge in [0.15, 0.2) is 12.2 Å². The van der Waals surface area contributed by atoms with Crippen LogP contribution >= 0.6 is 11.3 Å². The normalized spacial score (nSPS) is 11.6. The molecule has 0 aliphatic carbocycles. The molecule has 13 heteroatoms. The van der Waals surface area contributed by atoms with Gasteiger partial charge in [-0.15, -0.1) is 11.3 Å². The molecule has 0 unspecified atom stereocenters. The Bertz CT molecular complexity index is 1600. The molecule has 0 aliphatic heterocycles. The number of alkyl halides is 3. The summed E-state index contributed by atoms with van der Waals surface area (Å²) in [5.74, 6) is -1.67. The average molecular weight is 541 g/mol. The van der Waals surface area contributed by atoms with E-state index in [0.29, 0.717) is 39.5 Å². The number of rotatable bonds is 7. The van der Waals surface area contributed by atoms with E-state index in [1.54, 1.807) is 41.4 Å². The molecular weight excluding hydrogens is 521 g/mol. The second-order valence-corrected chi connectivity index (χ2v) is 9.30. The first-order chi connectivity index (χ1) is 18.2. The summed E-state index contributed by atoms with van der Waals surface area (Å²) in [5, 5.41) is 2.81. The van der Waals surface area contributed by atoms with Crippen LogP contribution in [0.1, 0.15) is 15.2 Å². The maximum Gasteiger partial charge on any atom is 0.471 e. The topological polar surface area (TPSA) is 106 Å². The average Bonchev–Trinajstić information content (AvgIpc) is 3.66. The van der Waals surface area contributed by atoms with Crippen LogP contribution in [0.2, 0.25) is 0 Å². The van der Waals surface area contributed by atoms with Gasteiger partial charge in [0.05, 0.1) is 27.0 Å². The third-order valence-electron chi connectivity index (χ3n) is 5.74. The third kappa shape index (κ3) is 5.13. The van der Waals surface area contributed by atoms with E-state index in [4.69, 9.17) is 4.42 Å². The molecule has 0 atom stereocenters. The molecule has 1 aromatic carbocycles. The molecule has 0 radical (unpaired) electrons. The Morgan fingerprint density at radius 1 is 1.13 bits per heavy atom. The summed E-state index contributed by atoms with van der Waals surface area (Å²) in [6.45, 7) is 0.405. The molecule has 4 heterocycles. The molecule has 0 saturated heterocycles. The van der Waals surface area contributed by atoms with Gasteiger partial charge in [-0.1, -0.05) is 6.07 Å². The van der Waals surface area contributed by atoms with Gasteiger partial charge >= 0.3 is 12.1 Å². The minimum atomic E-state index is -5.02. The highest BCUT2D eigenvalue weighted by Gasteiger charge is 2.41. The van der Waals surface area contributed by atoms with Crippen molar-refractivity contribution in [2.45, 2.75) is 19.1 Å². The summed E-state index contributed by atoms with van der Waals surface area (Å²) < 4.78 is 45.9. The Labute approximate surface area is 217 Å². The van der Waals surface area contributed by atoms with Crippen LogP contribution in [0.4, 0.5) is 24.8 Å². The zero-order chi connectivity index (χ0) is 26.9. The van der Waals surface area contributed by atoms with Crippen LogP contribution in [0, 0.1) is 0 Å². The molecule has 9 nitrogen and oxygen atoms in total. The minimum Gasteiger partial charge on any atom is -0.443 e. The lowest BCUT2D eigenvalue weighted by Gasteiger charge is -2.18. The Kier molecular flexibility index (Phi) is 6.68. The standard InChI is InChI=1S/C25H19F3N6O3S/c1-33(23(36)25(26,27)28)16-4-5-18-17(11-16)31-24(34(18)10-8-15-3-2-9-29-12-15)32-22(35)21-7-6-20(38-21)19-13-30-14-37-19/h2-7,9,11-14H,8,10H2,1H3,(H,31,32,35). The van der Waals surface area contributed by atoms with E-state index in [-0.39, 0.29) is 11.6 Å². The van der Waals surface area contributed by atoms with Gasteiger partial charge in [0.1, 0.15) is 0 Å². The first kappa shape index (κ1) is 25.1. The Hall–Kier alpha value is -4.52. The molecule has 0 aliphatic rings. The maximum atomic E-state index is 13.1. The predicted octanol–water partition coefficient (Wildman–Crippen LogP) is 5.17. The van der Waals surface area contributed by atoms with Crippen molar-refractivity contribution in [1.82, 2.24) is 19.5 Å². The van der Waals surface area contributed by atoms with E-state index in [1.165, 1.54) is 29.9 Å². The van der Waals surface area contributed by atoms with E-state index in [0.717, 1.165) is 17.5 Å². The van der Waals surface area contributed by atoms with Crippen LogP contribution in [0.15, 0.2) is 71.9 Å². The largest absolute Gasteiger partial charge is 0.471 e. The number of thiophene rings is 1. The Balaban J connectivity index is 1.47. The number of imidazole rings is 1. The van der Waals surface area contributed by atoms with Crippen LogP contribution < -0.4 is 10.2 Å². The van der Waals surface area contributed by atoms with E-state index in [2.05, 4.69) is 20.3 Å². The zero-order valence-electron chi connectivity index (χ0n) is 19.8. The second kappa shape index (κ2) is 10.1. The molecule has 1 N–H and O–H groups in total. The molecule has 5 rings (SSSR count). The number of anilines is 2. The fourth-order valence-corrected chi connectivity index (χ4v) is 4.69. The summed E-state index contributed by atoms with van der Waals surface area (Å²) in [4.78, 5) is 38.9. The number of carbonyl (C=O) groups is 2. The highest BCUT2D eigenvalue weighted by atomic mass is 32.1. The molecule has 0 spiro atoms. The van der Waals surface area contributed by atoms with Gasteiger partial charge in [-0.05, 0) is 48.4 Å². The monoisotopic (exact) mass is 540 g/mol. The number of nitrogens with one attached hydrogen (secondary N) is 1. The van der Waals surface area contributed by atoms with Crippen LogP contribution in [-0.2, 0) is 17.8 Å². The summed E-state index contributed by atoms with van der Waals surface area (Å²) in [6.07, 6.45) is 1.78. The van der Waals surface area contributed by atoms with Crippen molar-refractivity contribution in [3.8, 4) is 10.6 Å². The van der Waals surface area contributed by atoms with E-state index >= 15 is 0 Å². The van der Waals surface area contributed by atoms with Crippen molar-refractivity contribution < 1.29 is 27.2 Å². The molecule has 4 aromatic heterocycles. The SMILES string of the molecule is CN(C(=O)C(F)(F)F)c1ccc2c(c1)nc(NC(=O)c1ccc(-c3cnco3)s1)n2CCc1cccnc1. The number of benzene rings is 1. The van der Waals surface area contributed by atoms with Gasteiger partial charge in [-0.3, -0.25) is 19.9 Å². The van der Waals surface area contributed by atoms with Crippen molar-refractivity contribution in [2.24, 2.45) is 0 Å². The van der Waals surface area contributed by atoms with Crippen molar-refractivity contribution in [1.29, 1.82) is 0 Å². The van der Waals surface area contributed by atoms with Gasteiger partial charge < -0.3 is 13.9 Å². The van der Waals surface area contributed by atoms with Gasteiger partial charge in [-0.25, -0.2) is 9.97 Å². The third-order valence-corrected chi connectivity index (χ3v) is 6.84. The number of aryl methyl sites for hydroxylation is 2. The van der Waals surface area contributed by atoms with Crippen molar-refractivity contribution >= 4 is 45.8 Å². The van der Waals surface area contributed by atoms with E-state index in [9.17, 15) is 22.8 Å². The van der Waals surface area contributed by atoms with Gasteiger partial charge in [-0.2, -0.15) is 13.2 Å². The van der Waals surface area contributed by atoms with Crippen LogP contribution in [0.3, 0.4) is 0 Å². The number of hydrogen-bond acceptors (Lipinski definition) is 7. The number of hydrogen-bond donors (Lipinski definition) is 1. The molecule has 0 bridgehead atoms. The number of amides is 2. The lowest BCUT2D eigenvalue weighted by atomic mass is 10.2. The van der Waals surface area contributed by atoms with E-state index in [1.807, 2.05) is 12.1 Å². The molecule has 5 aromatic rings. The van der Waals surface area contributed by atoms with Crippen LogP contribution in [-0.4, -0.2) is 44.6 Å². The first-order valence-electron chi connectivity index (χ1n) is 11.2. The van der Waals surface area contributed by atoms with Crippen LogP contribution in [0.25, 0.3) is 21.7 Å². The number of carbonyl (C=O) groups excluding carboxylic acids is 2. The number of pyridine rings is 1. The summed E-state index contributed by atoms with van der Waals surface area (Å²) in [6, 6.07) is 11.5. The fourth-order valence-electron chi connectivity index (χ4n) is 3.84. The molecule has 0 fully saturated rings. The predicted molar refractivity (Wildman–Crippen MR) is 135 cm³/mol. The van der Waals surface area contributed by atoms with Gasteiger partial charge in [0.25, 0.3) is 5.91 Å². The highest BCUT2D eigenvalue weighted by molar-refractivity contribution is 7.17. The van der Waals surface area contributed by atoms with Gasteiger partial charge in [0.2, 0.25) is 5.95 Å². The first-order valence-corrected chi connectivity index (χ1v) is 12.1. The quantitative estimate of drug-likeness (QED) is 0.305. The zero-order valence-corrected chi connectivity index (χ0v) is 20.6. The number of aromatic nitrogens is 4. The lowest BCUT2D eigenvalue weighted by molar-refractivity contribution is -0.170. The maximum absolute atomic E-state index is 13.1. The van der Waals surface area contributed by atoms with Crippen LogP contribution in [0.5, 0.6) is 0 Å². The Morgan fingerprint density at radius 2 is 1.97 bits per heavy atom. The van der Waals surface area contributed by atoms with Crippen molar-refractivity contribution in [3.05, 3.63) is 77.9 Å². The molecule has 38 heavy (non-hydrogen) atoms. The fraction of sp³-hybridized carbons (Fsp3) is 0.160. The summed E-state index contributed by atoms with van der Waals surface area (Å²) in [7, 11) is 1.04. The molecular formula is C25H19F3N6O3S. The van der Waals surface area contributed by atoms with Crippen molar-refractivity contribution in [3.63, 3.8) is 0 Å². The number of halogens is 3. The number of fused-ring (bicyclic) bond motifs is 1. The molecule has 194 valence electrons. The summed E-state index contributed by atoms with van der Waals surface area (Å²) in [5.41, 5.74) is 1.87. The number of nitrogens with zero attached hydrogens (tertiary/aromatic N) is 5. The van der Waals surface area contributed by atoms with Gasteiger partial charge in [0, 0.05) is 31.7 Å². The minimum absolute atomic E-state index is 0.0181. The molecule has 2 amide bonds. The van der Waals surface area contributed by atoms with Crippen molar-refractivity contribution in [2.75, 3.05) is 17.3 Å². The summed E-state index contributed by atoms with van der Waals surface area (Å²) >= 11 is 1.21.